The van der Waals surface area contributed by atoms with Crippen molar-refractivity contribution in [3.8, 4) is 0 Å². The Balaban J connectivity index is 0.00000261. The highest BCUT2D eigenvalue weighted by molar-refractivity contribution is 7.89. The molecule has 1 aromatic rings. The molecule has 2 fully saturated rings. The molecule has 0 saturated carbocycles. The van der Waals surface area contributed by atoms with Crippen LogP contribution in [0.25, 0.3) is 0 Å². The van der Waals surface area contributed by atoms with Crippen LogP contribution < -0.4 is 5.32 Å². The van der Waals surface area contributed by atoms with Gasteiger partial charge in [0.1, 0.15) is 5.82 Å². The van der Waals surface area contributed by atoms with E-state index < -0.39 is 15.8 Å². The molecular weight excluding hydrogens is 397 g/mol. The minimum Gasteiger partial charge on any atom is -0.378 e. The Morgan fingerprint density at radius 2 is 1.93 bits per heavy atom. The maximum Gasteiger partial charge on any atom is 0.243 e. The van der Waals surface area contributed by atoms with Gasteiger partial charge in [-0.25, -0.2) is 12.8 Å². The minimum absolute atomic E-state index is 0. The molecule has 2 aliphatic heterocycles. The summed E-state index contributed by atoms with van der Waals surface area (Å²) in [5.74, 6) is -0.467. The highest BCUT2D eigenvalue weighted by Gasteiger charge is 2.29. The number of carbonyl (C=O) groups excluding carboxylic acids is 1. The van der Waals surface area contributed by atoms with Crippen LogP contribution in [0, 0.1) is 5.82 Å². The Hall–Kier alpha value is -1.26. The Bertz CT molecular complexity index is 726. The van der Waals surface area contributed by atoms with E-state index >= 15 is 0 Å². The second-order valence-electron chi connectivity index (χ2n) is 6.52. The Morgan fingerprint density at radius 1 is 1.19 bits per heavy atom. The van der Waals surface area contributed by atoms with E-state index in [1.807, 2.05) is 0 Å². The van der Waals surface area contributed by atoms with Gasteiger partial charge >= 0.3 is 0 Å². The van der Waals surface area contributed by atoms with Crippen molar-refractivity contribution in [1.82, 2.24) is 14.5 Å². The van der Waals surface area contributed by atoms with Gasteiger partial charge in [-0.3, -0.25) is 4.79 Å². The van der Waals surface area contributed by atoms with Gasteiger partial charge in [0.2, 0.25) is 15.9 Å². The molecule has 1 amide bonds. The second kappa shape index (κ2) is 9.79. The van der Waals surface area contributed by atoms with Crippen LogP contribution in [0.2, 0.25) is 0 Å². The molecule has 1 atom stereocenters. The van der Waals surface area contributed by atoms with Crippen LogP contribution in [0.15, 0.2) is 29.2 Å². The number of nitrogens with one attached hydrogen (secondary N) is 1. The lowest BCUT2D eigenvalue weighted by molar-refractivity contribution is -0.132. The summed E-state index contributed by atoms with van der Waals surface area (Å²) in [5.41, 5.74) is 0. The van der Waals surface area contributed by atoms with E-state index in [-0.39, 0.29) is 35.8 Å². The first-order valence-corrected chi connectivity index (χ1v) is 10.3. The normalized spacial score (nSPS) is 22.0. The molecule has 7 nitrogen and oxygen atoms in total. The number of amides is 1. The number of sulfonamides is 1. The smallest absolute Gasteiger partial charge is 0.243 e. The van der Waals surface area contributed by atoms with E-state index in [4.69, 9.17) is 4.74 Å². The van der Waals surface area contributed by atoms with Gasteiger partial charge in [-0.1, -0.05) is 0 Å². The third-order valence-corrected chi connectivity index (χ3v) is 6.59. The van der Waals surface area contributed by atoms with Crippen molar-refractivity contribution in [3.05, 3.63) is 30.1 Å². The zero-order chi connectivity index (χ0) is 18.6. The summed E-state index contributed by atoms with van der Waals surface area (Å²) in [4.78, 5) is 14.3. The number of morpholine rings is 1. The molecule has 10 heteroatoms. The molecule has 1 aromatic carbocycles. The molecule has 0 bridgehead atoms. The van der Waals surface area contributed by atoms with Crippen molar-refractivity contribution < 1.29 is 22.3 Å². The molecule has 27 heavy (non-hydrogen) atoms. The van der Waals surface area contributed by atoms with Gasteiger partial charge in [0.25, 0.3) is 0 Å². The van der Waals surface area contributed by atoms with Crippen LogP contribution in [0.1, 0.15) is 12.8 Å². The highest BCUT2D eigenvalue weighted by Crippen LogP contribution is 2.18. The lowest BCUT2D eigenvalue weighted by Crippen LogP contribution is -2.45. The lowest BCUT2D eigenvalue weighted by Gasteiger charge is -2.27. The number of halogens is 2. The van der Waals surface area contributed by atoms with E-state index in [0.29, 0.717) is 45.7 Å². The van der Waals surface area contributed by atoms with Crippen LogP contribution in [0.4, 0.5) is 4.39 Å². The van der Waals surface area contributed by atoms with E-state index in [1.54, 1.807) is 4.90 Å². The quantitative estimate of drug-likeness (QED) is 0.779. The largest absolute Gasteiger partial charge is 0.378 e. The van der Waals surface area contributed by atoms with Crippen molar-refractivity contribution >= 4 is 28.3 Å². The van der Waals surface area contributed by atoms with E-state index in [9.17, 15) is 17.6 Å². The van der Waals surface area contributed by atoms with Gasteiger partial charge in [0.05, 0.1) is 18.1 Å². The monoisotopic (exact) mass is 421 g/mol. The summed E-state index contributed by atoms with van der Waals surface area (Å²) in [6.45, 7) is 3.37. The SMILES string of the molecule is Cl.O=C(CC1COCCN1)N1CCCN(S(=O)(=O)c2ccc(F)cc2)CC1. The van der Waals surface area contributed by atoms with Gasteiger partial charge in [-0.2, -0.15) is 4.31 Å². The molecule has 2 aliphatic rings. The van der Waals surface area contributed by atoms with Crippen LogP contribution in [-0.4, -0.2) is 75.5 Å². The molecule has 0 radical (unpaired) electrons. The van der Waals surface area contributed by atoms with Gasteiger partial charge in [-0.15, -0.1) is 12.4 Å². The van der Waals surface area contributed by atoms with Crippen LogP contribution in [0.5, 0.6) is 0 Å². The average molecular weight is 422 g/mol. The lowest BCUT2D eigenvalue weighted by atomic mass is 10.1. The summed E-state index contributed by atoms with van der Waals surface area (Å²) in [7, 11) is -3.68. The van der Waals surface area contributed by atoms with Crippen molar-refractivity contribution in [3.63, 3.8) is 0 Å². The van der Waals surface area contributed by atoms with Crippen molar-refractivity contribution in [2.75, 3.05) is 45.9 Å². The second-order valence-corrected chi connectivity index (χ2v) is 8.46. The fourth-order valence-corrected chi connectivity index (χ4v) is 4.70. The number of ether oxygens (including phenoxy) is 1. The third kappa shape index (κ3) is 5.61. The van der Waals surface area contributed by atoms with E-state index in [2.05, 4.69) is 5.32 Å². The summed E-state index contributed by atoms with van der Waals surface area (Å²) in [6.07, 6.45) is 0.922. The Kier molecular flexibility index (Phi) is 7.99. The molecule has 1 N–H and O–H groups in total. The van der Waals surface area contributed by atoms with Crippen molar-refractivity contribution in [2.24, 2.45) is 0 Å². The van der Waals surface area contributed by atoms with Crippen LogP contribution in [-0.2, 0) is 19.6 Å². The maximum atomic E-state index is 13.0. The Morgan fingerprint density at radius 3 is 2.59 bits per heavy atom. The zero-order valence-corrected chi connectivity index (χ0v) is 16.6. The number of hydrogen-bond acceptors (Lipinski definition) is 5. The third-order valence-electron chi connectivity index (χ3n) is 4.68. The van der Waals surface area contributed by atoms with Crippen LogP contribution in [0.3, 0.4) is 0 Å². The average Bonchev–Trinajstić information content (AvgIpc) is 2.90. The van der Waals surface area contributed by atoms with Crippen molar-refractivity contribution in [1.29, 1.82) is 0 Å². The minimum atomic E-state index is -3.68. The van der Waals surface area contributed by atoms with E-state index in [1.165, 1.54) is 16.4 Å². The van der Waals surface area contributed by atoms with Gasteiger partial charge in [0, 0.05) is 45.2 Å². The maximum absolute atomic E-state index is 13.0. The number of benzene rings is 1. The fourth-order valence-electron chi connectivity index (χ4n) is 3.23. The predicted molar refractivity (Wildman–Crippen MR) is 101 cm³/mol. The van der Waals surface area contributed by atoms with E-state index in [0.717, 1.165) is 18.7 Å². The molecule has 2 heterocycles. The standard InChI is InChI=1S/C17H24FN3O4S.ClH/c18-14-2-4-16(5-3-14)26(23,24)21-8-1-7-20(9-10-21)17(22)12-15-13-25-11-6-19-15;/h2-5,15,19H,1,6-13H2;1H. The summed E-state index contributed by atoms with van der Waals surface area (Å²) in [6, 6.07) is 4.83. The number of rotatable bonds is 4. The van der Waals surface area contributed by atoms with Gasteiger partial charge in [0.15, 0.2) is 0 Å². The molecule has 0 aliphatic carbocycles. The van der Waals surface area contributed by atoms with Gasteiger partial charge < -0.3 is 15.0 Å². The van der Waals surface area contributed by atoms with Gasteiger partial charge in [-0.05, 0) is 30.7 Å². The summed E-state index contributed by atoms with van der Waals surface area (Å²) < 4.78 is 45.2. The van der Waals surface area contributed by atoms with Crippen molar-refractivity contribution in [2.45, 2.75) is 23.8 Å². The molecule has 1 unspecified atom stereocenters. The highest BCUT2D eigenvalue weighted by atomic mass is 35.5. The first-order valence-electron chi connectivity index (χ1n) is 8.81. The molecule has 0 spiro atoms. The first-order chi connectivity index (χ1) is 12.5. The number of carbonyl (C=O) groups is 1. The number of hydrogen-bond donors (Lipinski definition) is 1. The first kappa shape index (κ1) is 22.0. The molecule has 3 rings (SSSR count). The predicted octanol–water partition coefficient (Wildman–Crippen LogP) is 0.849. The van der Waals surface area contributed by atoms with Crippen LogP contribution >= 0.6 is 12.4 Å². The molecule has 152 valence electrons. The summed E-state index contributed by atoms with van der Waals surface area (Å²) >= 11 is 0. The summed E-state index contributed by atoms with van der Waals surface area (Å²) in [5, 5.41) is 3.25. The molecule has 0 aromatic heterocycles. The topological polar surface area (TPSA) is 79.0 Å². The molecule has 2 saturated heterocycles. The number of nitrogens with zero attached hydrogens (tertiary/aromatic N) is 2. The zero-order valence-electron chi connectivity index (χ0n) is 15.0. The molecular formula is C17H25ClFN3O4S. The Labute approximate surface area is 165 Å². The fraction of sp³-hybridized carbons (Fsp3) is 0.588.